The molecule has 4 rings (SSSR count). The van der Waals surface area contributed by atoms with Gasteiger partial charge >= 0.3 is 0 Å². The fourth-order valence-electron chi connectivity index (χ4n) is 4.21. The fourth-order valence-corrected chi connectivity index (χ4v) is 4.21. The summed E-state index contributed by atoms with van der Waals surface area (Å²) in [6.45, 7) is 12.8. The molecule has 0 heteroatoms. The Hall–Kier alpha value is -2.86. The van der Waals surface area contributed by atoms with Crippen molar-refractivity contribution < 1.29 is 0 Å². The minimum absolute atomic E-state index is 0.368. The van der Waals surface area contributed by atoms with Crippen molar-refractivity contribution in [2.45, 2.75) is 19.3 Å². The zero-order chi connectivity index (χ0) is 17.6. The molecule has 0 heterocycles. The van der Waals surface area contributed by atoms with Crippen molar-refractivity contribution in [1.82, 2.24) is 0 Å². The van der Waals surface area contributed by atoms with Gasteiger partial charge in [0.05, 0.1) is 5.41 Å². The Morgan fingerprint density at radius 2 is 1.36 bits per heavy atom. The van der Waals surface area contributed by atoms with Gasteiger partial charge in [0.15, 0.2) is 0 Å². The SMILES string of the molecule is C=CC(=C)C1(c2ccc(C)c(C)c2)c2ccccc2-c2ccccc21. The van der Waals surface area contributed by atoms with Crippen LogP contribution in [-0.2, 0) is 5.41 Å². The number of rotatable bonds is 3. The first kappa shape index (κ1) is 15.7. The molecule has 0 nitrogen and oxygen atoms in total. The van der Waals surface area contributed by atoms with Crippen LogP contribution in [0.2, 0.25) is 0 Å². The Kier molecular flexibility index (Phi) is 3.51. The number of hydrogen-bond acceptors (Lipinski definition) is 0. The van der Waals surface area contributed by atoms with Gasteiger partial charge in [-0.05, 0) is 58.4 Å². The van der Waals surface area contributed by atoms with Crippen LogP contribution in [-0.4, -0.2) is 0 Å². The lowest BCUT2D eigenvalue weighted by Gasteiger charge is -2.34. The zero-order valence-corrected chi connectivity index (χ0v) is 14.8. The van der Waals surface area contributed by atoms with Gasteiger partial charge < -0.3 is 0 Å². The van der Waals surface area contributed by atoms with Crippen LogP contribution in [0, 0.1) is 13.8 Å². The predicted molar refractivity (Wildman–Crippen MR) is 107 cm³/mol. The molecule has 3 aromatic carbocycles. The zero-order valence-electron chi connectivity index (χ0n) is 14.8. The molecular weight excluding hydrogens is 300 g/mol. The van der Waals surface area contributed by atoms with Crippen molar-refractivity contribution in [3.63, 3.8) is 0 Å². The van der Waals surface area contributed by atoms with Crippen LogP contribution in [0.15, 0.2) is 91.5 Å². The van der Waals surface area contributed by atoms with E-state index in [0.717, 1.165) is 5.57 Å². The standard InChI is InChI=1S/C25H22/c1-5-19(4)25(20-15-14-17(2)18(3)16-20)23-12-8-6-10-21(23)22-11-7-9-13-24(22)25/h5-16H,1,4H2,2-3H3. The van der Waals surface area contributed by atoms with E-state index in [2.05, 4.69) is 93.7 Å². The summed E-state index contributed by atoms with van der Waals surface area (Å²) in [5.41, 5.74) is 9.70. The topological polar surface area (TPSA) is 0 Å². The maximum Gasteiger partial charge on any atom is 0.0707 e. The van der Waals surface area contributed by atoms with Gasteiger partial charge in [-0.3, -0.25) is 0 Å². The summed E-state index contributed by atoms with van der Waals surface area (Å²) >= 11 is 0. The Labute approximate surface area is 150 Å². The molecule has 25 heavy (non-hydrogen) atoms. The van der Waals surface area contributed by atoms with Gasteiger partial charge in [-0.1, -0.05) is 86.0 Å². The van der Waals surface area contributed by atoms with Crippen LogP contribution in [0.3, 0.4) is 0 Å². The van der Waals surface area contributed by atoms with E-state index in [9.17, 15) is 0 Å². The summed E-state index contributed by atoms with van der Waals surface area (Å²) in [6.07, 6.45) is 1.91. The van der Waals surface area contributed by atoms with Crippen LogP contribution in [0.5, 0.6) is 0 Å². The molecule has 0 spiro atoms. The molecule has 3 aromatic rings. The van der Waals surface area contributed by atoms with E-state index >= 15 is 0 Å². The van der Waals surface area contributed by atoms with Crippen molar-refractivity contribution in [3.8, 4) is 11.1 Å². The number of hydrogen-bond donors (Lipinski definition) is 0. The minimum Gasteiger partial charge on any atom is -0.0988 e. The molecule has 0 amide bonds. The lowest BCUT2D eigenvalue weighted by Crippen LogP contribution is -2.28. The number of aryl methyl sites for hydroxylation is 2. The molecule has 0 saturated heterocycles. The van der Waals surface area contributed by atoms with Gasteiger partial charge in [-0.15, -0.1) is 0 Å². The van der Waals surface area contributed by atoms with Crippen LogP contribution < -0.4 is 0 Å². The molecule has 0 aliphatic heterocycles. The van der Waals surface area contributed by atoms with E-state index in [4.69, 9.17) is 0 Å². The second-order valence-electron chi connectivity index (χ2n) is 6.87. The lowest BCUT2D eigenvalue weighted by molar-refractivity contribution is 0.769. The molecule has 0 atom stereocenters. The third kappa shape index (κ3) is 2.01. The van der Waals surface area contributed by atoms with E-state index < -0.39 is 0 Å². The summed E-state index contributed by atoms with van der Waals surface area (Å²) in [5.74, 6) is 0. The monoisotopic (exact) mass is 322 g/mol. The normalized spacial score (nSPS) is 13.8. The summed E-state index contributed by atoms with van der Waals surface area (Å²) in [7, 11) is 0. The Morgan fingerprint density at radius 3 is 1.88 bits per heavy atom. The van der Waals surface area contributed by atoms with Gasteiger partial charge in [0.2, 0.25) is 0 Å². The molecule has 0 saturated carbocycles. The summed E-state index contributed by atoms with van der Waals surface area (Å²) in [6, 6.07) is 24.1. The van der Waals surface area contributed by atoms with Crippen molar-refractivity contribution in [1.29, 1.82) is 0 Å². The highest BCUT2D eigenvalue weighted by Crippen LogP contribution is 2.56. The van der Waals surface area contributed by atoms with E-state index in [1.54, 1.807) is 0 Å². The maximum absolute atomic E-state index is 4.44. The van der Waals surface area contributed by atoms with Crippen molar-refractivity contribution >= 4 is 0 Å². The molecule has 0 unspecified atom stereocenters. The molecule has 122 valence electrons. The van der Waals surface area contributed by atoms with E-state index in [1.165, 1.54) is 38.9 Å². The fraction of sp³-hybridized carbons (Fsp3) is 0.120. The molecular formula is C25H22. The lowest BCUT2D eigenvalue weighted by atomic mass is 9.67. The van der Waals surface area contributed by atoms with Gasteiger partial charge in [0, 0.05) is 0 Å². The van der Waals surface area contributed by atoms with Crippen molar-refractivity contribution in [2.75, 3.05) is 0 Å². The van der Waals surface area contributed by atoms with Gasteiger partial charge in [0.1, 0.15) is 0 Å². The average molecular weight is 322 g/mol. The Balaban J connectivity index is 2.17. The number of benzene rings is 3. The average Bonchev–Trinajstić information content (AvgIpc) is 2.95. The van der Waals surface area contributed by atoms with Crippen molar-refractivity contribution in [2.24, 2.45) is 0 Å². The van der Waals surface area contributed by atoms with Crippen LogP contribution in [0.4, 0.5) is 0 Å². The summed E-state index contributed by atoms with van der Waals surface area (Å²) < 4.78 is 0. The third-order valence-electron chi connectivity index (χ3n) is 5.62. The second-order valence-corrected chi connectivity index (χ2v) is 6.87. The molecule has 0 radical (unpaired) electrons. The van der Waals surface area contributed by atoms with E-state index in [-0.39, 0.29) is 5.41 Å². The van der Waals surface area contributed by atoms with Crippen LogP contribution in [0.1, 0.15) is 27.8 Å². The molecule has 0 aromatic heterocycles. The number of fused-ring (bicyclic) bond motifs is 3. The van der Waals surface area contributed by atoms with Crippen LogP contribution >= 0.6 is 0 Å². The molecule has 1 aliphatic rings. The van der Waals surface area contributed by atoms with Gasteiger partial charge in [-0.25, -0.2) is 0 Å². The smallest absolute Gasteiger partial charge is 0.0707 e. The highest BCUT2D eigenvalue weighted by atomic mass is 14.5. The molecule has 0 bridgehead atoms. The van der Waals surface area contributed by atoms with Gasteiger partial charge in [-0.2, -0.15) is 0 Å². The second kappa shape index (κ2) is 5.60. The van der Waals surface area contributed by atoms with E-state index in [0.29, 0.717) is 0 Å². The summed E-state index contributed by atoms with van der Waals surface area (Å²) in [4.78, 5) is 0. The first-order chi connectivity index (χ1) is 12.1. The predicted octanol–water partition coefficient (Wildman–Crippen LogP) is 6.36. The first-order valence-corrected chi connectivity index (χ1v) is 8.69. The Bertz CT molecular complexity index is 959. The highest BCUT2D eigenvalue weighted by Gasteiger charge is 2.45. The largest absolute Gasteiger partial charge is 0.0988 e. The molecule has 0 fully saturated rings. The molecule has 1 aliphatic carbocycles. The van der Waals surface area contributed by atoms with Gasteiger partial charge in [0.25, 0.3) is 0 Å². The maximum atomic E-state index is 4.44. The highest BCUT2D eigenvalue weighted by molar-refractivity contribution is 5.86. The quantitative estimate of drug-likeness (QED) is 0.492. The minimum atomic E-state index is -0.368. The van der Waals surface area contributed by atoms with Crippen molar-refractivity contribution in [3.05, 3.63) is 119 Å². The molecule has 0 N–H and O–H groups in total. The summed E-state index contributed by atoms with van der Waals surface area (Å²) in [5, 5.41) is 0. The third-order valence-corrected chi connectivity index (χ3v) is 5.62. The van der Waals surface area contributed by atoms with Crippen LogP contribution in [0.25, 0.3) is 11.1 Å². The first-order valence-electron chi connectivity index (χ1n) is 8.69. The Morgan fingerprint density at radius 1 is 0.800 bits per heavy atom. The van der Waals surface area contributed by atoms with E-state index in [1.807, 2.05) is 6.08 Å². The number of allylic oxidation sites excluding steroid dienone is 2.